The van der Waals surface area contributed by atoms with Crippen molar-refractivity contribution in [1.29, 1.82) is 0 Å². The molecule has 0 unspecified atom stereocenters. The quantitative estimate of drug-likeness (QED) is 0.338. The van der Waals surface area contributed by atoms with Gasteiger partial charge >= 0.3 is 0 Å². The third kappa shape index (κ3) is 5.07. The summed E-state index contributed by atoms with van der Waals surface area (Å²) in [5.74, 6) is -0.792. The Kier molecular flexibility index (Phi) is 6.57. The predicted octanol–water partition coefficient (Wildman–Crippen LogP) is 4.35. The molecular weight excluding hydrogens is 398 g/mol. The first-order valence-corrected chi connectivity index (χ1v) is 10.3. The van der Waals surface area contributed by atoms with Crippen molar-refractivity contribution < 1.29 is 23.7 Å². The molecule has 164 valence electrons. The number of rotatable bonds is 9. The van der Waals surface area contributed by atoms with E-state index in [9.17, 15) is 0 Å². The first kappa shape index (κ1) is 21.8. The van der Waals surface area contributed by atoms with Crippen LogP contribution in [0, 0.1) is 0 Å². The largest absolute Gasteiger partial charge is 0.374 e. The van der Waals surface area contributed by atoms with E-state index in [0.29, 0.717) is 13.2 Å². The minimum Gasteiger partial charge on any atom is -0.374 e. The lowest BCUT2D eigenvalue weighted by Gasteiger charge is -2.35. The second-order valence-electron chi connectivity index (χ2n) is 8.24. The zero-order chi connectivity index (χ0) is 21.7. The van der Waals surface area contributed by atoms with Crippen LogP contribution in [0.2, 0.25) is 0 Å². The van der Waals surface area contributed by atoms with Gasteiger partial charge in [0, 0.05) is 4.91 Å². The molecular formula is C23H27N3O5. The lowest BCUT2D eigenvalue weighted by Crippen LogP contribution is -2.52. The van der Waals surface area contributed by atoms with E-state index in [1.165, 1.54) is 0 Å². The van der Waals surface area contributed by atoms with Crippen molar-refractivity contribution in [3.63, 3.8) is 0 Å². The lowest BCUT2D eigenvalue weighted by molar-refractivity contribution is -0.252. The van der Waals surface area contributed by atoms with Crippen LogP contribution in [-0.4, -0.2) is 43.0 Å². The standard InChI is InChI=1S/C23H27N3O5/c1-22(2)29-19-20(28-14-18-11-7-4-8-12-18)23(15-25-26-24,31-21(19)30-22)16-27-13-17-9-5-3-6-10-17/h3-12,19-21H,13-16H2,1-2H3/t19-,20+,21+,23-/m1/s1. The van der Waals surface area contributed by atoms with Gasteiger partial charge < -0.3 is 23.7 Å². The molecule has 0 radical (unpaired) electrons. The maximum atomic E-state index is 8.98. The van der Waals surface area contributed by atoms with Crippen molar-refractivity contribution in [2.24, 2.45) is 5.11 Å². The molecule has 0 N–H and O–H groups in total. The fourth-order valence-electron chi connectivity index (χ4n) is 4.01. The highest BCUT2D eigenvalue weighted by Gasteiger charge is 2.62. The van der Waals surface area contributed by atoms with E-state index in [1.807, 2.05) is 74.5 Å². The van der Waals surface area contributed by atoms with E-state index < -0.39 is 29.9 Å². The number of fused-ring (bicyclic) bond motifs is 1. The van der Waals surface area contributed by atoms with Gasteiger partial charge in [0.15, 0.2) is 12.1 Å². The second kappa shape index (κ2) is 9.36. The van der Waals surface area contributed by atoms with Crippen molar-refractivity contribution in [2.45, 2.75) is 56.9 Å². The number of ether oxygens (including phenoxy) is 5. The molecule has 0 bridgehead atoms. The maximum absolute atomic E-state index is 8.98. The van der Waals surface area contributed by atoms with Crippen LogP contribution < -0.4 is 0 Å². The lowest BCUT2D eigenvalue weighted by atomic mass is 9.95. The van der Waals surface area contributed by atoms with Gasteiger partial charge in [0.1, 0.15) is 17.8 Å². The number of hydrogen-bond donors (Lipinski definition) is 0. The highest BCUT2D eigenvalue weighted by Crippen LogP contribution is 2.44. The van der Waals surface area contributed by atoms with Crippen molar-refractivity contribution >= 4 is 0 Å². The van der Waals surface area contributed by atoms with Crippen LogP contribution in [0.5, 0.6) is 0 Å². The van der Waals surface area contributed by atoms with Crippen molar-refractivity contribution in [2.75, 3.05) is 13.2 Å². The van der Waals surface area contributed by atoms with Crippen LogP contribution >= 0.6 is 0 Å². The summed E-state index contributed by atoms with van der Waals surface area (Å²) in [4.78, 5) is 2.94. The zero-order valence-corrected chi connectivity index (χ0v) is 17.7. The molecule has 2 aromatic rings. The monoisotopic (exact) mass is 425 g/mol. The van der Waals surface area contributed by atoms with Crippen LogP contribution in [-0.2, 0) is 36.9 Å². The fourth-order valence-corrected chi connectivity index (χ4v) is 4.01. The SMILES string of the molecule is CC1(C)O[C@H]2O[C@](CN=[N+]=[N-])(COCc3ccccc3)[C@@H](OCc3ccccc3)[C@H]2O1. The Morgan fingerprint density at radius 1 is 0.935 bits per heavy atom. The molecule has 0 amide bonds. The highest BCUT2D eigenvalue weighted by molar-refractivity contribution is 5.15. The van der Waals surface area contributed by atoms with Gasteiger partial charge in [-0.3, -0.25) is 0 Å². The summed E-state index contributed by atoms with van der Waals surface area (Å²) >= 11 is 0. The molecule has 8 heteroatoms. The molecule has 31 heavy (non-hydrogen) atoms. The summed E-state index contributed by atoms with van der Waals surface area (Å²) < 4.78 is 30.7. The average molecular weight is 425 g/mol. The van der Waals surface area contributed by atoms with Gasteiger partial charge in [-0.1, -0.05) is 65.8 Å². The molecule has 2 aliphatic heterocycles. The van der Waals surface area contributed by atoms with Gasteiger partial charge in [0.25, 0.3) is 0 Å². The van der Waals surface area contributed by atoms with Gasteiger partial charge in [-0.2, -0.15) is 0 Å². The Labute approximate surface area is 181 Å². The Morgan fingerprint density at radius 2 is 1.58 bits per heavy atom. The molecule has 4 atom stereocenters. The molecule has 0 saturated carbocycles. The molecule has 0 aromatic heterocycles. The Bertz CT molecular complexity index is 904. The average Bonchev–Trinajstić information content (AvgIpc) is 3.21. The Morgan fingerprint density at radius 3 is 2.23 bits per heavy atom. The minimum absolute atomic E-state index is 0.0396. The molecule has 2 saturated heterocycles. The fraction of sp³-hybridized carbons (Fsp3) is 0.478. The zero-order valence-electron chi connectivity index (χ0n) is 17.7. The smallest absolute Gasteiger partial charge is 0.190 e. The van der Waals surface area contributed by atoms with Gasteiger partial charge in [0.2, 0.25) is 0 Å². The molecule has 2 aromatic carbocycles. The summed E-state index contributed by atoms with van der Waals surface area (Å²) in [6.45, 7) is 4.64. The number of benzene rings is 2. The molecule has 2 aliphatic rings. The van der Waals surface area contributed by atoms with Gasteiger partial charge in [-0.15, -0.1) is 0 Å². The van der Waals surface area contributed by atoms with E-state index in [1.54, 1.807) is 0 Å². The van der Waals surface area contributed by atoms with Gasteiger partial charge in [-0.05, 0) is 30.5 Å². The summed E-state index contributed by atoms with van der Waals surface area (Å²) in [6, 6.07) is 19.7. The predicted molar refractivity (Wildman–Crippen MR) is 113 cm³/mol. The first-order chi connectivity index (χ1) is 15.0. The number of nitrogens with zero attached hydrogens (tertiary/aromatic N) is 3. The Hall–Kier alpha value is -2.45. The van der Waals surface area contributed by atoms with E-state index in [2.05, 4.69) is 10.0 Å². The number of hydrogen-bond acceptors (Lipinski definition) is 6. The van der Waals surface area contributed by atoms with Crippen LogP contribution in [0.1, 0.15) is 25.0 Å². The third-order valence-corrected chi connectivity index (χ3v) is 5.39. The molecule has 4 rings (SSSR count). The van der Waals surface area contributed by atoms with Crippen molar-refractivity contribution in [3.8, 4) is 0 Å². The van der Waals surface area contributed by atoms with Crippen LogP contribution in [0.15, 0.2) is 65.8 Å². The van der Waals surface area contributed by atoms with Gasteiger partial charge in [-0.25, -0.2) is 0 Å². The van der Waals surface area contributed by atoms with Crippen molar-refractivity contribution in [3.05, 3.63) is 82.2 Å². The maximum Gasteiger partial charge on any atom is 0.190 e. The van der Waals surface area contributed by atoms with Crippen LogP contribution in [0.3, 0.4) is 0 Å². The first-order valence-electron chi connectivity index (χ1n) is 10.3. The van der Waals surface area contributed by atoms with Gasteiger partial charge in [0.05, 0.1) is 26.4 Å². The summed E-state index contributed by atoms with van der Waals surface area (Å²) in [5, 5.41) is 3.80. The summed E-state index contributed by atoms with van der Waals surface area (Å²) in [6.07, 6.45) is -1.64. The third-order valence-electron chi connectivity index (χ3n) is 5.39. The molecule has 8 nitrogen and oxygen atoms in total. The molecule has 2 heterocycles. The minimum atomic E-state index is -1.03. The normalized spacial score (nSPS) is 28.8. The van der Waals surface area contributed by atoms with Crippen LogP contribution in [0.25, 0.3) is 10.4 Å². The van der Waals surface area contributed by atoms with E-state index in [-0.39, 0.29) is 13.2 Å². The van der Waals surface area contributed by atoms with Crippen molar-refractivity contribution in [1.82, 2.24) is 0 Å². The molecule has 0 spiro atoms. The molecule has 0 aliphatic carbocycles. The van der Waals surface area contributed by atoms with Crippen LogP contribution in [0.4, 0.5) is 0 Å². The second-order valence-corrected chi connectivity index (χ2v) is 8.24. The number of azide groups is 1. The van der Waals surface area contributed by atoms with E-state index in [4.69, 9.17) is 29.2 Å². The summed E-state index contributed by atoms with van der Waals surface area (Å²) in [5.41, 5.74) is 10.0. The molecule has 2 fully saturated rings. The summed E-state index contributed by atoms with van der Waals surface area (Å²) in [7, 11) is 0. The topological polar surface area (TPSA) is 94.9 Å². The highest BCUT2D eigenvalue weighted by atomic mass is 16.8. The van der Waals surface area contributed by atoms with E-state index >= 15 is 0 Å². The Balaban J connectivity index is 1.54. The van der Waals surface area contributed by atoms with E-state index in [0.717, 1.165) is 11.1 Å².